The van der Waals surface area contributed by atoms with Crippen LogP contribution in [0.5, 0.6) is 11.6 Å². The zero-order valence-electron chi connectivity index (χ0n) is 9.51. The number of rotatable bonds is 2. The van der Waals surface area contributed by atoms with Gasteiger partial charge in [0.2, 0.25) is 5.88 Å². The fourth-order valence-corrected chi connectivity index (χ4v) is 2.33. The number of aromatic nitrogens is 1. The Kier molecular flexibility index (Phi) is 3.15. The molecular formula is C15H10INO. The lowest BCUT2D eigenvalue weighted by Gasteiger charge is -2.07. The summed E-state index contributed by atoms with van der Waals surface area (Å²) in [5.41, 5.74) is 0. The van der Waals surface area contributed by atoms with Crippen molar-refractivity contribution in [3.05, 3.63) is 64.4 Å². The molecule has 0 aliphatic heterocycles. The standard InChI is InChI=1S/C15H10INO/c16-12-5-3-6-13(10-12)18-15-14-7-2-1-4-11(14)8-9-17-15/h1-10H. The zero-order valence-corrected chi connectivity index (χ0v) is 11.7. The number of nitrogens with zero attached hydrogens (tertiary/aromatic N) is 1. The number of hydrogen-bond donors (Lipinski definition) is 0. The molecule has 18 heavy (non-hydrogen) atoms. The highest BCUT2D eigenvalue weighted by Gasteiger charge is 2.04. The van der Waals surface area contributed by atoms with Crippen molar-refractivity contribution in [2.75, 3.05) is 0 Å². The van der Waals surface area contributed by atoms with E-state index >= 15 is 0 Å². The second kappa shape index (κ2) is 4.94. The predicted molar refractivity (Wildman–Crippen MR) is 81.0 cm³/mol. The normalized spacial score (nSPS) is 10.5. The highest BCUT2D eigenvalue weighted by Crippen LogP contribution is 2.27. The van der Waals surface area contributed by atoms with Crippen LogP contribution in [0.3, 0.4) is 0 Å². The van der Waals surface area contributed by atoms with Gasteiger partial charge in [0, 0.05) is 15.2 Å². The number of halogens is 1. The lowest BCUT2D eigenvalue weighted by Crippen LogP contribution is -1.89. The van der Waals surface area contributed by atoms with Gasteiger partial charge in [-0.05, 0) is 58.3 Å². The van der Waals surface area contributed by atoms with Crippen LogP contribution in [-0.4, -0.2) is 4.98 Å². The summed E-state index contributed by atoms with van der Waals surface area (Å²) < 4.78 is 7.00. The van der Waals surface area contributed by atoms with Crippen LogP contribution >= 0.6 is 22.6 Å². The molecule has 3 aromatic rings. The molecule has 0 saturated carbocycles. The van der Waals surface area contributed by atoms with Crippen molar-refractivity contribution in [1.29, 1.82) is 0 Å². The quantitative estimate of drug-likeness (QED) is 0.631. The van der Waals surface area contributed by atoms with Crippen molar-refractivity contribution in [1.82, 2.24) is 4.98 Å². The first-order valence-corrected chi connectivity index (χ1v) is 6.68. The molecular weight excluding hydrogens is 337 g/mol. The molecule has 3 rings (SSSR count). The largest absolute Gasteiger partial charge is 0.438 e. The van der Waals surface area contributed by atoms with Crippen LogP contribution in [0.4, 0.5) is 0 Å². The minimum absolute atomic E-state index is 0.648. The Morgan fingerprint density at radius 3 is 2.72 bits per heavy atom. The molecule has 3 heteroatoms. The zero-order chi connectivity index (χ0) is 12.4. The molecule has 0 saturated heterocycles. The third-order valence-electron chi connectivity index (χ3n) is 2.65. The van der Waals surface area contributed by atoms with Gasteiger partial charge >= 0.3 is 0 Å². The molecule has 1 aromatic heterocycles. The first-order valence-electron chi connectivity index (χ1n) is 5.60. The molecule has 0 amide bonds. The molecule has 0 radical (unpaired) electrons. The number of pyridine rings is 1. The molecule has 2 nitrogen and oxygen atoms in total. The van der Waals surface area contributed by atoms with E-state index in [1.807, 2.05) is 48.5 Å². The summed E-state index contributed by atoms with van der Waals surface area (Å²) in [5, 5.41) is 2.16. The van der Waals surface area contributed by atoms with Crippen LogP contribution in [0.25, 0.3) is 10.8 Å². The molecule has 0 N–H and O–H groups in total. The second-order valence-electron chi connectivity index (χ2n) is 3.90. The number of fused-ring (bicyclic) bond motifs is 1. The Bertz CT molecular complexity index is 691. The van der Waals surface area contributed by atoms with E-state index in [1.54, 1.807) is 6.20 Å². The maximum atomic E-state index is 5.86. The molecule has 0 bridgehead atoms. The number of benzene rings is 2. The van der Waals surface area contributed by atoms with E-state index in [-0.39, 0.29) is 0 Å². The SMILES string of the molecule is Ic1cccc(Oc2nccc3ccccc23)c1. The molecule has 0 spiro atoms. The van der Waals surface area contributed by atoms with E-state index in [0.29, 0.717) is 5.88 Å². The molecule has 0 atom stereocenters. The fraction of sp³-hybridized carbons (Fsp3) is 0. The molecule has 0 aliphatic rings. The molecule has 1 heterocycles. The first kappa shape index (κ1) is 11.5. The Morgan fingerprint density at radius 1 is 0.944 bits per heavy atom. The second-order valence-corrected chi connectivity index (χ2v) is 5.14. The Balaban J connectivity index is 2.05. The van der Waals surface area contributed by atoms with E-state index < -0.39 is 0 Å². The Morgan fingerprint density at radius 2 is 1.83 bits per heavy atom. The third kappa shape index (κ3) is 2.31. The van der Waals surface area contributed by atoms with Gasteiger partial charge < -0.3 is 4.74 Å². The minimum Gasteiger partial charge on any atom is -0.438 e. The Labute approximate surface area is 119 Å². The van der Waals surface area contributed by atoms with Crippen molar-refractivity contribution in [2.45, 2.75) is 0 Å². The van der Waals surface area contributed by atoms with E-state index in [4.69, 9.17) is 4.74 Å². The van der Waals surface area contributed by atoms with E-state index in [1.165, 1.54) is 0 Å². The van der Waals surface area contributed by atoms with E-state index in [9.17, 15) is 0 Å². The smallest absolute Gasteiger partial charge is 0.227 e. The lowest BCUT2D eigenvalue weighted by molar-refractivity contribution is 0.469. The summed E-state index contributed by atoms with van der Waals surface area (Å²) in [6, 6.07) is 18.0. The summed E-state index contributed by atoms with van der Waals surface area (Å²) in [5.74, 6) is 1.46. The highest BCUT2D eigenvalue weighted by atomic mass is 127. The third-order valence-corrected chi connectivity index (χ3v) is 3.32. The van der Waals surface area contributed by atoms with Gasteiger partial charge in [-0.1, -0.05) is 24.3 Å². The Hall–Kier alpha value is -1.62. The van der Waals surface area contributed by atoms with Crippen molar-refractivity contribution >= 4 is 33.4 Å². The maximum Gasteiger partial charge on any atom is 0.227 e. The van der Waals surface area contributed by atoms with E-state index in [0.717, 1.165) is 20.1 Å². The summed E-state index contributed by atoms with van der Waals surface area (Å²) in [6.45, 7) is 0. The van der Waals surface area contributed by atoms with Crippen LogP contribution < -0.4 is 4.74 Å². The fourth-order valence-electron chi connectivity index (χ4n) is 1.82. The van der Waals surface area contributed by atoms with Crippen LogP contribution in [-0.2, 0) is 0 Å². The van der Waals surface area contributed by atoms with Crippen LogP contribution in [0.1, 0.15) is 0 Å². The number of ether oxygens (including phenoxy) is 1. The van der Waals surface area contributed by atoms with Crippen LogP contribution in [0, 0.1) is 3.57 Å². The predicted octanol–water partition coefficient (Wildman–Crippen LogP) is 4.63. The van der Waals surface area contributed by atoms with Crippen molar-refractivity contribution in [2.24, 2.45) is 0 Å². The van der Waals surface area contributed by atoms with Gasteiger partial charge in [0.25, 0.3) is 0 Å². The summed E-state index contributed by atoms with van der Waals surface area (Å²) >= 11 is 2.27. The first-order chi connectivity index (χ1) is 8.83. The van der Waals surface area contributed by atoms with Crippen molar-refractivity contribution < 1.29 is 4.74 Å². The van der Waals surface area contributed by atoms with Gasteiger partial charge in [-0.2, -0.15) is 0 Å². The van der Waals surface area contributed by atoms with Crippen LogP contribution in [0.15, 0.2) is 60.8 Å². The monoisotopic (exact) mass is 347 g/mol. The highest BCUT2D eigenvalue weighted by molar-refractivity contribution is 14.1. The lowest BCUT2D eigenvalue weighted by atomic mass is 10.2. The molecule has 88 valence electrons. The van der Waals surface area contributed by atoms with E-state index in [2.05, 4.69) is 33.6 Å². The molecule has 0 fully saturated rings. The minimum atomic E-state index is 0.648. The average Bonchev–Trinajstić information content (AvgIpc) is 2.39. The molecule has 0 aliphatic carbocycles. The average molecular weight is 347 g/mol. The van der Waals surface area contributed by atoms with Gasteiger partial charge in [-0.25, -0.2) is 4.98 Å². The maximum absolute atomic E-state index is 5.86. The van der Waals surface area contributed by atoms with Gasteiger partial charge in [0.1, 0.15) is 5.75 Å². The van der Waals surface area contributed by atoms with Gasteiger partial charge in [0.05, 0.1) is 0 Å². The summed E-state index contributed by atoms with van der Waals surface area (Å²) in [7, 11) is 0. The van der Waals surface area contributed by atoms with Crippen molar-refractivity contribution in [3.63, 3.8) is 0 Å². The molecule has 0 unspecified atom stereocenters. The summed E-state index contributed by atoms with van der Waals surface area (Å²) in [4.78, 5) is 4.31. The van der Waals surface area contributed by atoms with Crippen LogP contribution in [0.2, 0.25) is 0 Å². The van der Waals surface area contributed by atoms with Gasteiger partial charge in [-0.3, -0.25) is 0 Å². The topological polar surface area (TPSA) is 22.1 Å². The summed E-state index contributed by atoms with van der Waals surface area (Å²) in [6.07, 6.45) is 1.77. The van der Waals surface area contributed by atoms with Gasteiger partial charge in [0.15, 0.2) is 0 Å². The number of hydrogen-bond acceptors (Lipinski definition) is 2. The van der Waals surface area contributed by atoms with Crippen molar-refractivity contribution in [3.8, 4) is 11.6 Å². The molecule has 2 aromatic carbocycles. The van der Waals surface area contributed by atoms with Gasteiger partial charge in [-0.15, -0.1) is 0 Å².